The van der Waals surface area contributed by atoms with Gasteiger partial charge in [0.05, 0.1) is 7.11 Å². The van der Waals surface area contributed by atoms with Crippen molar-refractivity contribution in [3.63, 3.8) is 0 Å². The summed E-state index contributed by atoms with van der Waals surface area (Å²) in [6, 6.07) is 11.1. The van der Waals surface area contributed by atoms with Crippen LogP contribution in [0.1, 0.15) is 11.1 Å². The largest absolute Gasteiger partial charge is 0.497 e. The van der Waals surface area contributed by atoms with E-state index in [1.54, 1.807) is 14.2 Å². The molecule has 128 valence electrons. The van der Waals surface area contributed by atoms with E-state index in [0.717, 1.165) is 23.4 Å². The maximum absolute atomic E-state index is 13.7. The monoisotopic (exact) mass is 333 g/mol. The number of rotatable bonds is 5. The second kappa shape index (κ2) is 8.29. The SMILES string of the molecule is CN=C(NCc1cc(F)ccc1F)N(C)Cc1ccc(OC)cc1. The van der Waals surface area contributed by atoms with Gasteiger partial charge in [-0.2, -0.15) is 0 Å². The molecule has 6 heteroatoms. The van der Waals surface area contributed by atoms with Crippen molar-refractivity contribution in [2.24, 2.45) is 4.99 Å². The zero-order valence-electron chi connectivity index (χ0n) is 14.0. The van der Waals surface area contributed by atoms with Gasteiger partial charge in [-0.3, -0.25) is 4.99 Å². The Hall–Kier alpha value is -2.63. The molecule has 0 bridgehead atoms. The van der Waals surface area contributed by atoms with Crippen LogP contribution in [-0.4, -0.2) is 32.1 Å². The van der Waals surface area contributed by atoms with E-state index in [0.29, 0.717) is 12.5 Å². The third kappa shape index (κ3) is 4.68. The Morgan fingerprint density at radius 1 is 1.17 bits per heavy atom. The molecule has 0 aromatic heterocycles. The van der Waals surface area contributed by atoms with Crippen molar-refractivity contribution in [1.82, 2.24) is 10.2 Å². The lowest BCUT2D eigenvalue weighted by molar-refractivity contribution is 0.414. The van der Waals surface area contributed by atoms with E-state index in [2.05, 4.69) is 10.3 Å². The molecular weight excluding hydrogens is 312 g/mol. The predicted octanol–water partition coefficient (Wildman–Crippen LogP) is 3.18. The summed E-state index contributed by atoms with van der Waals surface area (Å²) in [6.45, 7) is 0.776. The number of halogens is 2. The summed E-state index contributed by atoms with van der Waals surface area (Å²) in [5.74, 6) is 0.479. The lowest BCUT2D eigenvalue weighted by Gasteiger charge is -2.22. The number of guanidine groups is 1. The molecule has 0 amide bonds. The van der Waals surface area contributed by atoms with Crippen molar-refractivity contribution >= 4 is 5.96 Å². The van der Waals surface area contributed by atoms with Crippen molar-refractivity contribution in [2.75, 3.05) is 21.2 Å². The topological polar surface area (TPSA) is 36.9 Å². The number of ether oxygens (including phenoxy) is 1. The van der Waals surface area contributed by atoms with E-state index in [-0.39, 0.29) is 12.1 Å². The van der Waals surface area contributed by atoms with E-state index >= 15 is 0 Å². The van der Waals surface area contributed by atoms with Crippen molar-refractivity contribution in [2.45, 2.75) is 13.1 Å². The molecule has 4 nitrogen and oxygen atoms in total. The van der Waals surface area contributed by atoms with Gasteiger partial charge >= 0.3 is 0 Å². The summed E-state index contributed by atoms with van der Waals surface area (Å²) in [7, 11) is 5.15. The van der Waals surface area contributed by atoms with E-state index in [1.807, 2.05) is 36.2 Å². The van der Waals surface area contributed by atoms with Gasteiger partial charge in [0.2, 0.25) is 0 Å². The molecule has 0 saturated heterocycles. The molecule has 0 atom stereocenters. The molecule has 0 aliphatic rings. The third-order valence-corrected chi connectivity index (χ3v) is 3.60. The van der Waals surface area contributed by atoms with Gasteiger partial charge in [0.25, 0.3) is 0 Å². The second-order valence-electron chi connectivity index (χ2n) is 5.34. The van der Waals surface area contributed by atoms with Gasteiger partial charge in [-0.15, -0.1) is 0 Å². The summed E-state index contributed by atoms with van der Waals surface area (Å²) >= 11 is 0. The number of benzene rings is 2. The molecule has 2 aromatic carbocycles. The molecule has 0 unspecified atom stereocenters. The van der Waals surface area contributed by atoms with Gasteiger partial charge in [-0.25, -0.2) is 8.78 Å². The zero-order chi connectivity index (χ0) is 17.5. The van der Waals surface area contributed by atoms with Crippen LogP contribution in [0.4, 0.5) is 8.78 Å². The quantitative estimate of drug-likeness (QED) is 0.674. The lowest BCUT2D eigenvalue weighted by atomic mass is 10.2. The summed E-state index contributed by atoms with van der Waals surface area (Å²) in [5.41, 5.74) is 1.34. The number of nitrogens with one attached hydrogen (secondary N) is 1. The van der Waals surface area contributed by atoms with Crippen LogP contribution in [0.25, 0.3) is 0 Å². The third-order valence-electron chi connectivity index (χ3n) is 3.60. The number of methoxy groups -OCH3 is 1. The summed E-state index contributed by atoms with van der Waals surface area (Å²) < 4.78 is 32.0. The fourth-order valence-electron chi connectivity index (χ4n) is 2.32. The molecule has 0 spiro atoms. The van der Waals surface area contributed by atoms with E-state index in [9.17, 15) is 8.78 Å². The van der Waals surface area contributed by atoms with Crippen LogP contribution in [0.2, 0.25) is 0 Å². The summed E-state index contributed by atoms with van der Waals surface area (Å²) in [5, 5.41) is 3.04. The van der Waals surface area contributed by atoms with Gasteiger partial charge in [-0.1, -0.05) is 12.1 Å². The molecule has 0 radical (unpaired) electrons. The van der Waals surface area contributed by atoms with Crippen LogP contribution in [-0.2, 0) is 13.1 Å². The average molecular weight is 333 g/mol. The number of hydrogen-bond donors (Lipinski definition) is 1. The number of aliphatic imine (C=N–C) groups is 1. The maximum Gasteiger partial charge on any atom is 0.193 e. The minimum Gasteiger partial charge on any atom is -0.497 e. The van der Waals surface area contributed by atoms with Crippen LogP contribution in [0.3, 0.4) is 0 Å². The summed E-state index contributed by atoms with van der Waals surface area (Å²) in [6.07, 6.45) is 0. The highest BCUT2D eigenvalue weighted by Crippen LogP contribution is 2.13. The van der Waals surface area contributed by atoms with Gasteiger partial charge < -0.3 is 15.0 Å². The van der Waals surface area contributed by atoms with Crippen LogP contribution >= 0.6 is 0 Å². The molecule has 2 rings (SSSR count). The van der Waals surface area contributed by atoms with Crippen LogP contribution < -0.4 is 10.1 Å². The zero-order valence-corrected chi connectivity index (χ0v) is 14.0. The molecule has 2 aromatic rings. The normalized spacial score (nSPS) is 11.3. The fourth-order valence-corrected chi connectivity index (χ4v) is 2.32. The standard InChI is InChI=1S/C18H21F2N3O/c1-21-18(22-11-14-10-15(19)6-9-17(14)20)23(2)12-13-4-7-16(24-3)8-5-13/h4-10H,11-12H2,1-3H3,(H,21,22). The number of hydrogen-bond acceptors (Lipinski definition) is 2. The van der Waals surface area contributed by atoms with Crippen LogP contribution in [0.15, 0.2) is 47.5 Å². The molecule has 24 heavy (non-hydrogen) atoms. The van der Waals surface area contributed by atoms with Crippen LogP contribution in [0.5, 0.6) is 5.75 Å². The van der Waals surface area contributed by atoms with E-state index < -0.39 is 11.6 Å². The fraction of sp³-hybridized carbons (Fsp3) is 0.278. The van der Waals surface area contributed by atoms with Crippen molar-refractivity contribution in [3.8, 4) is 5.75 Å². The smallest absolute Gasteiger partial charge is 0.193 e. The molecule has 0 fully saturated rings. The Balaban J connectivity index is 1.98. The molecule has 0 heterocycles. The van der Waals surface area contributed by atoms with Gasteiger partial charge in [0.15, 0.2) is 5.96 Å². The van der Waals surface area contributed by atoms with Gasteiger partial charge in [-0.05, 0) is 35.9 Å². The van der Waals surface area contributed by atoms with E-state index in [1.165, 1.54) is 6.07 Å². The second-order valence-corrected chi connectivity index (χ2v) is 5.34. The average Bonchev–Trinajstić information content (AvgIpc) is 2.59. The maximum atomic E-state index is 13.7. The Morgan fingerprint density at radius 2 is 1.88 bits per heavy atom. The first-order chi connectivity index (χ1) is 11.5. The van der Waals surface area contributed by atoms with Crippen molar-refractivity contribution in [1.29, 1.82) is 0 Å². The van der Waals surface area contributed by atoms with Crippen LogP contribution in [0, 0.1) is 11.6 Å². The predicted molar refractivity (Wildman–Crippen MR) is 91.0 cm³/mol. The minimum atomic E-state index is -0.463. The first kappa shape index (κ1) is 17.7. The first-order valence-electron chi connectivity index (χ1n) is 7.52. The van der Waals surface area contributed by atoms with Gasteiger partial charge in [0, 0.05) is 32.7 Å². The Bertz CT molecular complexity index is 702. The Labute approximate surface area is 140 Å². The Morgan fingerprint density at radius 3 is 2.50 bits per heavy atom. The highest BCUT2D eigenvalue weighted by Gasteiger charge is 2.09. The van der Waals surface area contributed by atoms with Crippen molar-refractivity contribution < 1.29 is 13.5 Å². The van der Waals surface area contributed by atoms with Gasteiger partial charge in [0.1, 0.15) is 17.4 Å². The lowest BCUT2D eigenvalue weighted by Crippen LogP contribution is -2.38. The first-order valence-corrected chi connectivity index (χ1v) is 7.52. The molecule has 0 saturated carbocycles. The summed E-state index contributed by atoms with van der Waals surface area (Å²) in [4.78, 5) is 6.08. The molecule has 0 aliphatic heterocycles. The Kier molecular flexibility index (Phi) is 6.12. The van der Waals surface area contributed by atoms with E-state index in [4.69, 9.17) is 4.74 Å². The molecule has 0 aliphatic carbocycles. The molecular formula is C18H21F2N3O. The van der Waals surface area contributed by atoms with Crippen molar-refractivity contribution in [3.05, 3.63) is 65.2 Å². The minimum absolute atomic E-state index is 0.156. The highest BCUT2D eigenvalue weighted by atomic mass is 19.1. The number of nitrogens with zero attached hydrogens (tertiary/aromatic N) is 2. The molecule has 1 N–H and O–H groups in total. The highest BCUT2D eigenvalue weighted by molar-refractivity contribution is 5.79.